The Balaban J connectivity index is 1.91. The molecule has 2 heterocycles. The highest BCUT2D eigenvalue weighted by molar-refractivity contribution is 9.10. The summed E-state index contributed by atoms with van der Waals surface area (Å²) in [6.07, 6.45) is 1.51. The number of carbonyl (C=O) groups excluding carboxylic acids is 1. The Bertz CT molecular complexity index is 451. The summed E-state index contributed by atoms with van der Waals surface area (Å²) in [6, 6.07) is 3.95. The van der Waals surface area contributed by atoms with Gasteiger partial charge in [-0.3, -0.25) is 0 Å². The van der Waals surface area contributed by atoms with Crippen molar-refractivity contribution in [1.82, 2.24) is 9.88 Å². The molecule has 1 aromatic heterocycles. The maximum Gasteiger partial charge on any atom is 0.410 e. The normalized spacial score (nSPS) is 16.3. The lowest BCUT2D eigenvalue weighted by Crippen LogP contribution is -2.50. The molecular formula is C13H17BrN2O2. The summed E-state index contributed by atoms with van der Waals surface area (Å²) < 4.78 is 6.18. The number of carbonyl (C=O) groups is 1. The highest BCUT2D eigenvalue weighted by Crippen LogP contribution is 2.31. The largest absolute Gasteiger partial charge is 0.444 e. The van der Waals surface area contributed by atoms with Gasteiger partial charge in [-0.25, -0.2) is 9.78 Å². The average molecular weight is 313 g/mol. The minimum absolute atomic E-state index is 0.237. The van der Waals surface area contributed by atoms with Gasteiger partial charge in [-0.05, 0) is 48.3 Å². The van der Waals surface area contributed by atoms with E-state index in [4.69, 9.17) is 4.74 Å². The van der Waals surface area contributed by atoms with Crippen LogP contribution in [0.15, 0.2) is 22.9 Å². The fourth-order valence-electron chi connectivity index (χ4n) is 1.85. The maximum atomic E-state index is 11.8. The number of aromatic nitrogens is 1. The second-order valence-electron chi connectivity index (χ2n) is 5.47. The van der Waals surface area contributed by atoms with E-state index in [0.29, 0.717) is 19.0 Å². The molecule has 0 aliphatic carbocycles. The van der Waals surface area contributed by atoms with Crippen LogP contribution in [0.25, 0.3) is 0 Å². The SMILES string of the molecule is CC(C)(C)OC(=O)N1CC(c2cccnc2Br)C1. The Kier molecular flexibility index (Phi) is 3.61. The van der Waals surface area contributed by atoms with Gasteiger partial charge in [0.15, 0.2) is 0 Å². The first-order chi connectivity index (χ1) is 8.37. The van der Waals surface area contributed by atoms with Crippen molar-refractivity contribution in [1.29, 1.82) is 0 Å². The molecule has 18 heavy (non-hydrogen) atoms. The van der Waals surface area contributed by atoms with Gasteiger partial charge >= 0.3 is 6.09 Å². The van der Waals surface area contributed by atoms with E-state index >= 15 is 0 Å². The Morgan fingerprint density at radius 1 is 1.50 bits per heavy atom. The lowest BCUT2D eigenvalue weighted by molar-refractivity contribution is 0.00811. The van der Waals surface area contributed by atoms with Gasteiger partial charge in [0.2, 0.25) is 0 Å². The van der Waals surface area contributed by atoms with Gasteiger partial charge in [0.1, 0.15) is 10.2 Å². The minimum atomic E-state index is -0.433. The molecule has 98 valence electrons. The third-order valence-electron chi connectivity index (χ3n) is 2.76. The molecule has 0 saturated carbocycles. The molecule has 1 aromatic rings. The highest BCUT2D eigenvalue weighted by Gasteiger charge is 2.35. The molecule has 0 radical (unpaired) electrons. The standard InChI is InChI=1S/C13H17BrN2O2/c1-13(2,3)18-12(17)16-7-9(8-16)10-5-4-6-15-11(10)14/h4-6,9H,7-8H2,1-3H3. The number of amides is 1. The molecule has 0 atom stereocenters. The predicted octanol–water partition coefficient (Wildman–Crippen LogP) is 3.18. The van der Waals surface area contributed by atoms with E-state index in [9.17, 15) is 4.79 Å². The van der Waals surface area contributed by atoms with Crippen LogP contribution in [0.2, 0.25) is 0 Å². The zero-order valence-electron chi connectivity index (χ0n) is 10.8. The second-order valence-corrected chi connectivity index (χ2v) is 6.22. The lowest BCUT2D eigenvalue weighted by atomic mass is 9.93. The summed E-state index contributed by atoms with van der Waals surface area (Å²) in [5, 5.41) is 0. The first-order valence-corrected chi connectivity index (χ1v) is 6.74. The number of pyridine rings is 1. The molecule has 0 bridgehead atoms. The van der Waals surface area contributed by atoms with Gasteiger partial charge in [0, 0.05) is 25.2 Å². The van der Waals surface area contributed by atoms with E-state index in [0.717, 1.165) is 10.2 Å². The van der Waals surface area contributed by atoms with Crippen molar-refractivity contribution < 1.29 is 9.53 Å². The van der Waals surface area contributed by atoms with E-state index in [1.54, 1.807) is 11.1 Å². The Labute approximate surface area is 115 Å². The molecular weight excluding hydrogens is 296 g/mol. The van der Waals surface area contributed by atoms with Crippen LogP contribution in [0.4, 0.5) is 4.79 Å². The number of rotatable bonds is 1. The molecule has 2 rings (SSSR count). The number of hydrogen-bond donors (Lipinski definition) is 0. The van der Waals surface area contributed by atoms with Crippen molar-refractivity contribution in [3.63, 3.8) is 0 Å². The van der Waals surface area contributed by atoms with Crippen LogP contribution in [-0.4, -0.2) is 34.7 Å². The van der Waals surface area contributed by atoms with E-state index in [1.165, 1.54) is 0 Å². The number of likely N-dealkylation sites (tertiary alicyclic amines) is 1. The quantitative estimate of drug-likeness (QED) is 0.748. The average Bonchev–Trinajstić information content (AvgIpc) is 2.15. The van der Waals surface area contributed by atoms with Crippen molar-refractivity contribution in [3.8, 4) is 0 Å². The molecule has 0 aromatic carbocycles. The molecule has 1 aliphatic rings. The van der Waals surface area contributed by atoms with Crippen molar-refractivity contribution in [2.75, 3.05) is 13.1 Å². The number of hydrogen-bond acceptors (Lipinski definition) is 3. The van der Waals surface area contributed by atoms with Crippen LogP contribution >= 0.6 is 15.9 Å². The van der Waals surface area contributed by atoms with Gasteiger partial charge in [0.05, 0.1) is 0 Å². The van der Waals surface area contributed by atoms with Crippen molar-refractivity contribution in [2.24, 2.45) is 0 Å². The molecule has 1 amide bonds. The van der Waals surface area contributed by atoms with Gasteiger partial charge < -0.3 is 9.64 Å². The Morgan fingerprint density at radius 2 is 2.17 bits per heavy atom. The summed E-state index contributed by atoms with van der Waals surface area (Å²) in [6.45, 7) is 7.01. The first kappa shape index (κ1) is 13.3. The van der Waals surface area contributed by atoms with Crippen LogP contribution < -0.4 is 0 Å². The van der Waals surface area contributed by atoms with Gasteiger partial charge in [-0.2, -0.15) is 0 Å². The summed E-state index contributed by atoms with van der Waals surface area (Å²) in [5.41, 5.74) is 0.717. The van der Waals surface area contributed by atoms with E-state index < -0.39 is 5.60 Å². The molecule has 0 N–H and O–H groups in total. The Morgan fingerprint density at radius 3 is 2.72 bits per heavy atom. The highest BCUT2D eigenvalue weighted by atomic mass is 79.9. The molecule has 5 heteroatoms. The van der Waals surface area contributed by atoms with Crippen LogP contribution in [0.5, 0.6) is 0 Å². The fourth-order valence-corrected chi connectivity index (χ4v) is 2.43. The van der Waals surface area contributed by atoms with E-state index in [2.05, 4.69) is 20.9 Å². The van der Waals surface area contributed by atoms with Crippen molar-refractivity contribution in [2.45, 2.75) is 32.3 Å². The van der Waals surface area contributed by atoms with E-state index in [1.807, 2.05) is 32.9 Å². The first-order valence-electron chi connectivity index (χ1n) is 5.95. The smallest absolute Gasteiger partial charge is 0.410 e. The third-order valence-corrected chi connectivity index (χ3v) is 3.42. The molecule has 0 spiro atoms. The monoisotopic (exact) mass is 312 g/mol. The summed E-state index contributed by atoms with van der Waals surface area (Å²) in [7, 11) is 0. The second kappa shape index (κ2) is 4.88. The predicted molar refractivity (Wildman–Crippen MR) is 72.5 cm³/mol. The fraction of sp³-hybridized carbons (Fsp3) is 0.538. The topological polar surface area (TPSA) is 42.4 Å². The van der Waals surface area contributed by atoms with Crippen LogP contribution in [-0.2, 0) is 4.74 Å². The van der Waals surface area contributed by atoms with Crippen molar-refractivity contribution >= 4 is 22.0 Å². The van der Waals surface area contributed by atoms with Crippen molar-refractivity contribution in [3.05, 3.63) is 28.5 Å². The Hall–Kier alpha value is -1.10. The van der Waals surface area contributed by atoms with Crippen LogP contribution in [0, 0.1) is 0 Å². The minimum Gasteiger partial charge on any atom is -0.444 e. The zero-order valence-corrected chi connectivity index (χ0v) is 12.4. The van der Waals surface area contributed by atoms with Gasteiger partial charge in [-0.1, -0.05) is 6.07 Å². The van der Waals surface area contributed by atoms with Gasteiger partial charge in [-0.15, -0.1) is 0 Å². The third kappa shape index (κ3) is 3.02. The number of halogens is 1. The molecule has 1 aliphatic heterocycles. The maximum absolute atomic E-state index is 11.8. The molecule has 4 nitrogen and oxygen atoms in total. The zero-order chi connectivity index (χ0) is 13.3. The van der Waals surface area contributed by atoms with Crippen LogP contribution in [0.3, 0.4) is 0 Å². The summed E-state index contributed by atoms with van der Waals surface area (Å²) in [4.78, 5) is 17.7. The summed E-state index contributed by atoms with van der Waals surface area (Å²) in [5.74, 6) is 0.348. The van der Waals surface area contributed by atoms with E-state index in [-0.39, 0.29) is 6.09 Å². The van der Waals surface area contributed by atoms with Gasteiger partial charge in [0.25, 0.3) is 0 Å². The molecule has 1 fully saturated rings. The molecule has 0 unspecified atom stereocenters. The molecule has 1 saturated heterocycles. The number of ether oxygens (including phenoxy) is 1. The van der Waals surface area contributed by atoms with Crippen LogP contribution in [0.1, 0.15) is 32.3 Å². The lowest BCUT2D eigenvalue weighted by Gasteiger charge is -2.40. The number of nitrogens with zero attached hydrogens (tertiary/aromatic N) is 2. The summed E-state index contributed by atoms with van der Waals surface area (Å²) >= 11 is 3.43.